The molecule has 0 atom stereocenters. The third kappa shape index (κ3) is 4.37. The van der Waals surface area contributed by atoms with Crippen LogP contribution in [0, 0.1) is 5.82 Å². The minimum Gasteiger partial charge on any atom is -0.421 e. The summed E-state index contributed by atoms with van der Waals surface area (Å²) in [5.41, 5.74) is 0.281. The molecule has 1 aromatic carbocycles. The molecule has 6 heteroatoms. The summed E-state index contributed by atoms with van der Waals surface area (Å²) >= 11 is 0. The SMILES string of the molecule is CCCCC(=O)NCCc1nnc(-c2ccccc2F)o1. The van der Waals surface area contributed by atoms with E-state index in [0.717, 1.165) is 12.8 Å². The zero-order valence-electron chi connectivity index (χ0n) is 11.9. The van der Waals surface area contributed by atoms with Crippen LogP contribution in [0.25, 0.3) is 11.5 Å². The van der Waals surface area contributed by atoms with Crippen molar-refractivity contribution in [2.45, 2.75) is 32.6 Å². The summed E-state index contributed by atoms with van der Waals surface area (Å²) in [6.45, 7) is 2.47. The number of aromatic nitrogens is 2. The van der Waals surface area contributed by atoms with Crippen LogP contribution in [-0.4, -0.2) is 22.6 Å². The number of amides is 1. The van der Waals surface area contributed by atoms with Gasteiger partial charge >= 0.3 is 0 Å². The Balaban J connectivity index is 1.87. The molecule has 1 amide bonds. The van der Waals surface area contributed by atoms with Crippen LogP contribution in [0.1, 0.15) is 32.1 Å². The first-order valence-corrected chi connectivity index (χ1v) is 7.04. The zero-order valence-corrected chi connectivity index (χ0v) is 11.9. The predicted molar refractivity (Wildman–Crippen MR) is 75.9 cm³/mol. The molecule has 1 heterocycles. The maximum atomic E-state index is 13.6. The molecule has 0 saturated heterocycles. The van der Waals surface area contributed by atoms with Gasteiger partial charge in [0.2, 0.25) is 11.8 Å². The summed E-state index contributed by atoms with van der Waals surface area (Å²) in [5, 5.41) is 10.5. The van der Waals surface area contributed by atoms with Gasteiger partial charge in [-0.25, -0.2) is 4.39 Å². The highest BCUT2D eigenvalue weighted by atomic mass is 19.1. The van der Waals surface area contributed by atoms with Crippen LogP contribution in [0.3, 0.4) is 0 Å². The Morgan fingerprint density at radius 2 is 2.14 bits per heavy atom. The Bertz CT molecular complexity index is 598. The minimum absolute atomic E-state index is 0.0192. The van der Waals surface area contributed by atoms with Gasteiger partial charge in [-0.2, -0.15) is 0 Å². The lowest BCUT2D eigenvalue weighted by atomic mass is 10.2. The molecule has 0 aliphatic heterocycles. The van der Waals surface area contributed by atoms with Crippen LogP contribution in [0.15, 0.2) is 28.7 Å². The van der Waals surface area contributed by atoms with E-state index in [4.69, 9.17) is 4.42 Å². The second kappa shape index (κ2) is 7.52. The van der Waals surface area contributed by atoms with E-state index in [-0.39, 0.29) is 17.4 Å². The number of hydrogen-bond donors (Lipinski definition) is 1. The van der Waals surface area contributed by atoms with Crippen molar-refractivity contribution in [2.75, 3.05) is 6.54 Å². The van der Waals surface area contributed by atoms with Crippen LogP contribution >= 0.6 is 0 Å². The fourth-order valence-electron chi connectivity index (χ4n) is 1.83. The van der Waals surface area contributed by atoms with E-state index in [0.29, 0.717) is 25.3 Å². The molecule has 1 aromatic heterocycles. The number of hydrogen-bond acceptors (Lipinski definition) is 4. The second-order valence-corrected chi connectivity index (χ2v) is 4.68. The fourth-order valence-corrected chi connectivity index (χ4v) is 1.83. The molecule has 5 nitrogen and oxygen atoms in total. The lowest BCUT2D eigenvalue weighted by Gasteiger charge is -2.02. The standard InChI is InChI=1S/C15H18FN3O2/c1-2-3-8-13(20)17-10-9-14-18-19-15(21-14)11-6-4-5-7-12(11)16/h4-7H,2-3,8-10H2,1H3,(H,17,20). The first-order chi connectivity index (χ1) is 10.2. The van der Waals surface area contributed by atoms with Crippen LogP contribution in [0.5, 0.6) is 0 Å². The minimum atomic E-state index is -0.402. The maximum absolute atomic E-state index is 13.6. The number of rotatable bonds is 7. The smallest absolute Gasteiger partial charge is 0.250 e. The summed E-state index contributed by atoms with van der Waals surface area (Å²) in [6, 6.07) is 6.23. The van der Waals surface area contributed by atoms with Crippen molar-refractivity contribution in [3.8, 4) is 11.5 Å². The number of unbranched alkanes of at least 4 members (excludes halogenated alkanes) is 1. The molecule has 0 saturated carbocycles. The molecule has 2 rings (SSSR count). The van der Waals surface area contributed by atoms with Crippen molar-refractivity contribution in [1.29, 1.82) is 0 Å². The molecule has 0 spiro atoms. The van der Waals surface area contributed by atoms with Gasteiger partial charge in [-0.15, -0.1) is 10.2 Å². The largest absolute Gasteiger partial charge is 0.421 e. The maximum Gasteiger partial charge on any atom is 0.250 e. The van der Waals surface area contributed by atoms with Gasteiger partial charge in [0, 0.05) is 19.4 Å². The number of nitrogens with one attached hydrogen (secondary N) is 1. The highest BCUT2D eigenvalue weighted by Crippen LogP contribution is 2.20. The van der Waals surface area contributed by atoms with Crippen molar-refractivity contribution in [2.24, 2.45) is 0 Å². The number of carbonyl (C=O) groups is 1. The van der Waals surface area contributed by atoms with Crippen molar-refractivity contribution in [3.63, 3.8) is 0 Å². The number of benzene rings is 1. The van der Waals surface area contributed by atoms with Gasteiger partial charge < -0.3 is 9.73 Å². The molecule has 2 aromatic rings. The van der Waals surface area contributed by atoms with Gasteiger partial charge in [-0.05, 0) is 18.6 Å². The van der Waals surface area contributed by atoms with Crippen LogP contribution in [0.4, 0.5) is 4.39 Å². The van der Waals surface area contributed by atoms with Gasteiger partial charge in [-0.3, -0.25) is 4.79 Å². The predicted octanol–water partition coefficient (Wildman–Crippen LogP) is 2.72. The lowest BCUT2D eigenvalue weighted by molar-refractivity contribution is -0.121. The number of halogens is 1. The summed E-state index contributed by atoms with van der Waals surface area (Å²) in [7, 11) is 0. The molecule has 0 bridgehead atoms. The Kier molecular flexibility index (Phi) is 5.43. The van der Waals surface area contributed by atoms with E-state index in [1.807, 2.05) is 6.92 Å². The summed E-state index contributed by atoms with van der Waals surface area (Å²) < 4.78 is 19.0. The second-order valence-electron chi connectivity index (χ2n) is 4.68. The molecule has 0 unspecified atom stereocenters. The van der Waals surface area contributed by atoms with Crippen molar-refractivity contribution in [3.05, 3.63) is 36.0 Å². The van der Waals surface area contributed by atoms with Gasteiger partial charge in [-0.1, -0.05) is 25.5 Å². The van der Waals surface area contributed by atoms with E-state index >= 15 is 0 Å². The van der Waals surface area contributed by atoms with Crippen LogP contribution in [0.2, 0.25) is 0 Å². The monoisotopic (exact) mass is 291 g/mol. The van der Waals surface area contributed by atoms with Crippen molar-refractivity contribution in [1.82, 2.24) is 15.5 Å². The Morgan fingerprint density at radius 3 is 2.90 bits per heavy atom. The molecule has 0 aliphatic rings. The molecule has 21 heavy (non-hydrogen) atoms. The van der Waals surface area contributed by atoms with Gasteiger partial charge in [0.1, 0.15) is 5.82 Å². The van der Waals surface area contributed by atoms with E-state index < -0.39 is 5.82 Å². The summed E-state index contributed by atoms with van der Waals surface area (Å²) in [6.07, 6.45) is 2.83. The van der Waals surface area contributed by atoms with Crippen LogP contribution in [-0.2, 0) is 11.2 Å². The fraction of sp³-hybridized carbons (Fsp3) is 0.400. The van der Waals surface area contributed by atoms with E-state index in [2.05, 4.69) is 15.5 Å². The first-order valence-electron chi connectivity index (χ1n) is 7.04. The molecule has 1 N–H and O–H groups in total. The lowest BCUT2D eigenvalue weighted by Crippen LogP contribution is -2.25. The topological polar surface area (TPSA) is 68.0 Å². The van der Waals surface area contributed by atoms with E-state index in [1.165, 1.54) is 6.07 Å². The third-order valence-electron chi connectivity index (χ3n) is 2.99. The average Bonchev–Trinajstić information content (AvgIpc) is 2.94. The molecule has 112 valence electrons. The highest BCUT2D eigenvalue weighted by molar-refractivity contribution is 5.75. The van der Waals surface area contributed by atoms with E-state index in [9.17, 15) is 9.18 Å². The van der Waals surface area contributed by atoms with E-state index in [1.54, 1.807) is 18.2 Å². The van der Waals surface area contributed by atoms with Gasteiger partial charge in [0.25, 0.3) is 5.89 Å². The van der Waals surface area contributed by atoms with Crippen molar-refractivity contribution >= 4 is 5.91 Å². The van der Waals surface area contributed by atoms with Crippen molar-refractivity contribution < 1.29 is 13.6 Å². The molecular formula is C15H18FN3O2. The Labute approximate surface area is 122 Å². The third-order valence-corrected chi connectivity index (χ3v) is 2.99. The molecule has 0 radical (unpaired) electrons. The average molecular weight is 291 g/mol. The molecular weight excluding hydrogens is 273 g/mol. The summed E-state index contributed by atoms with van der Waals surface area (Å²) in [5.74, 6) is 0.149. The number of carbonyl (C=O) groups excluding carboxylic acids is 1. The molecule has 0 aliphatic carbocycles. The Morgan fingerprint density at radius 1 is 1.33 bits per heavy atom. The Hall–Kier alpha value is -2.24. The summed E-state index contributed by atoms with van der Waals surface area (Å²) in [4.78, 5) is 11.4. The first kappa shape index (κ1) is 15.2. The quantitative estimate of drug-likeness (QED) is 0.851. The zero-order chi connectivity index (χ0) is 15.1. The normalized spacial score (nSPS) is 10.6. The van der Waals surface area contributed by atoms with Gasteiger partial charge in [0.05, 0.1) is 5.56 Å². The highest BCUT2D eigenvalue weighted by Gasteiger charge is 2.12. The molecule has 0 fully saturated rings. The van der Waals surface area contributed by atoms with Crippen LogP contribution < -0.4 is 5.32 Å². The number of nitrogens with zero attached hydrogens (tertiary/aromatic N) is 2. The van der Waals surface area contributed by atoms with Gasteiger partial charge in [0.15, 0.2) is 0 Å².